The molecule has 0 radical (unpaired) electrons. The summed E-state index contributed by atoms with van der Waals surface area (Å²) in [6.07, 6.45) is 0. The van der Waals surface area contributed by atoms with E-state index < -0.39 is 24.4 Å². The minimum absolute atomic E-state index is 1.38. The predicted octanol–water partition coefficient (Wildman–Crippen LogP) is 2.56. The topological polar surface area (TPSA) is 9.23 Å². The molecule has 0 rings (SSSR count). The first-order chi connectivity index (χ1) is 4.86. The molecule has 0 spiro atoms. The molecule has 0 aromatic carbocycles. The Morgan fingerprint density at radius 1 is 1.27 bits per heavy atom. The molecule has 64 valence electrons. The third-order valence-electron chi connectivity index (χ3n) is 0.807. The highest BCUT2D eigenvalue weighted by Gasteiger charge is 2.34. The van der Waals surface area contributed by atoms with Crippen LogP contribution in [0.15, 0.2) is 25.0 Å². The molecule has 0 fully saturated rings. The van der Waals surface area contributed by atoms with Crippen molar-refractivity contribution in [2.45, 2.75) is 5.92 Å². The zero-order valence-electron chi connectivity index (χ0n) is 5.54. The van der Waals surface area contributed by atoms with E-state index in [0.29, 0.717) is 0 Å². The molecule has 0 N–H and O–H groups in total. The first-order valence-corrected chi connectivity index (χ1v) is 2.56. The van der Waals surface area contributed by atoms with Crippen molar-refractivity contribution in [3.8, 4) is 0 Å². The van der Waals surface area contributed by atoms with E-state index in [9.17, 15) is 17.6 Å². The van der Waals surface area contributed by atoms with Crippen molar-refractivity contribution in [1.82, 2.24) is 0 Å². The van der Waals surface area contributed by atoms with E-state index in [2.05, 4.69) is 17.9 Å². The fraction of sp³-hybridized carbons (Fsp3) is 0.333. The maximum Gasteiger partial charge on any atom is 0.331 e. The zero-order valence-corrected chi connectivity index (χ0v) is 5.54. The summed E-state index contributed by atoms with van der Waals surface area (Å²) in [6.45, 7) is 3.48. The Kier molecular flexibility index (Phi) is 3.10. The molecule has 0 aliphatic heterocycles. The van der Waals surface area contributed by atoms with Gasteiger partial charge in [0.05, 0.1) is 0 Å². The van der Waals surface area contributed by atoms with Crippen molar-refractivity contribution < 1.29 is 22.3 Å². The summed E-state index contributed by atoms with van der Waals surface area (Å²) in [4.78, 5) is 0. The molecular formula is C6H6F4O. The van der Waals surface area contributed by atoms with E-state index in [1.165, 1.54) is 0 Å². The third-order valence-corrected chi connectivity index (χ3v) is 0.807. The predicted molar refractivity (Wildman–Crippen MR) is 31.4 cm³/mol. The van der Waals surface area contributed by atoms with E-state index in [4.69, 9.17) is 0 Å². The molecule has 5 heteroatoms. The molecule has 0 amide bonds. The quantitative estimate of drug-likeness (QED) is 0.465. The first kappa shape index (κ1) is 10.0. The van der Waals surface area contributed by atoms with E-state index in [0.717, 1.165) is 0 Å². The number of ether oxygens (including phenoxy) is 1. The fourth-order valence-corrected chi connectivity index (χ4v) is 0.247. The zero-order chi connectivity index (χ0) is 9.07. The number of hydrogen-bond donors (Lipinski definition) is 0. The van der Waals surface area contributed by atoms with Crippen molar-refractivity contribution in [1.29, 1.82) is 0 Å². The molecule has 0 saturated carbocycles. The van der Waals surface area contributed by atoms with Gasteiger partial charge in [-0.1, -0.05) is 6.58 Å². The van der Waals surface area contributed by atoms with E-state index in [1.54, 1.807) is 0 Å². The minimum atomic E-state index is -3.85. The lowest BCUT2D eigenvalue weighted by Gasteiger charge is -2.12. The Hall–Kier alpha value is -1.00. The van der Waals surface area contributed by atoms with Crippen LogP contribution in [0, 0.1) is 0 Å². The maximum absolute atomic E-state index is 12.1. The molecule has 0 aromatic rings. The van der Waals surface area contributed by atoms with Gasteiger partial charge in [-0.25, -0.2) is 4.39 Å². The molecule has 11 heavy (non-hydrogen) atoms. The second-order valence-electron chi connectivity index (χ2n) is 1.75. The summed E-state index contributed by atoms with van der Waals surface area (Å²) < 4.78 is 51.2. The van der Waals surface area contributed by atoms with Crippen LogP contribution in [0.1, 0.15) is 0 Å². The van der Waals surface area contributed by atoms with Crippen LogP contribution in [0.2, 0.25) is 0 Å². The summed E-state index contributed by atoms with van der Waals surface area (Å²) in [5, 5.41) is 0. The Balaban J connectivity index is 3.92. The lowest BCUT2D eigenvalue weighted by molar-refractivity contribution is -0.0542. The molecule has 0 aromatic heterocycles. The number of hydrogen-bond acceptors (Lipinski definition) is 1. The smallest absolute Gasteiger partial charge is 0.331 e. The molecule has 0 atom stereocenters. The minimum Gasteiger partial charge on any atom is -0.464 e. The second-order valence-corrected chi connectivity index (χ2v) is 1.75. The monoisotopic (exact) mass is 170 g/mol. The summed E-state index contributed by atoms with van der Waals surface area (Å²) in [5.74, 6) is -5.71. The molecule has 0 bridgehead atoms. The van der Waals surface area contributed by atoms with Gasteiger partial charge < -0.3 is 4.74 Å². The number of rotatable bonds is 4. The normalized spacial score (nSPS) is 10.9. The van der Waals surface area contributed by atoms with E-state index >= 15 is 0 Å². The van der Waals surface area contributed by atoms with Gasteiger partial charge in [0.15, 0.2) is 12.4 Å². The summed E-state index contributed by atoms with van der Waals surface area (Å²) >= 11 is 0. The molecular weight excluding hydrogens is 164 g/mol. The van der Waals surface area contributed by atoms with E-state index in [1.807, 2.05) is 0 Å². The maximum atomic E-state index is 12.1. The molecule has 0 heterocycles. The van der Waals surface area contributed by atoms with Crippen molar-refractivity contribution in [3.05, 3.63) is 25.0 Å². The Bertz CT molecular complexity index is 175. The summed E-state index contributed by atoms with van der Waals surface area (Å²) in [6, 6.07) is -1.38. The highest BCUT2D eigenvalue weighted by Crippen LogP contribution is 2.24. The molecule has 0 unspecified atom stereocenters. The van der Waals surface area contributed by atoms with Gasteiger partial charge >= 0.3 is 5.92 Å². The molecule has 0 aliphatic rings. The lowest BCUT2D eigenvalue weighted by atomic mass is 10.3. The van der Waals surface area contributed by atoms with Crippen molar-refractivity contribution >= 4 is 0 Å². The van der Waals surface area contributed by atoms with Crippen LogP contribution in [0.25, 0.3) is 0 Å². The average Bonchev–Trinajstić information content (AvgIpc) is 1.84. The SMILES string of the molecule is C=C(F)OCC(F)(F)C(=C)F. The molecule has 0 saturated heterocycles. The van der Waals surface area contributed by atoms with Crippen LogP contribution in [0.3, 0.4) is 0 Å². The van der Waals surface area contributed by atoms with Gasteiger partial charge in [-0.15, -0.1) is 0 Å². The Labute approximate surface area is 61.0 Å². The fourth-order valence-electron chi connectivity index (χ4n) is 0.247. The van der Waals surface area contributed by atoms with Crippen molar-refractivity contribution in [2.24, 2.45) is 0 Å². The number of alkyl halides is 2. The van der Waals surface area contributed by atoms with Gasteiger partial charge in [-0.3, -0.25) is 0 Å². The average molecular weight is 170 g/mol. The summed E-state index contributed by atoms with van der Waals surface area (Å²) in [5.41, 5.74) is 0. The molecule has 0 aliphatic carbocycles. The van der Waals surface area contributed by atoms with Crippen molar-refractivity contribution in [3.63, 3.8) is 0 Å². The van der Waals surface area contributed by atoms with Gasteiger partial charge in [-0.2, -0.15) is 13.2 Å². The number of halogens is 4. The van der Waals surface area contributed by atoms with Gasteiger partial charge in [0.2, 0.25) is 0 Å². The third kappa shape index (κ3) is 3.64. The second kappa shape index (κ2) is 3.41. The van der Waals surface area contributed by atoms with E-state index in [-0.39, 0.29) is 0 Å². The van der Waals surface area contributed by atoms with Crippen LogP contribution in [-0.4, -0.2) is 12.5 Å². The van der Waals surface area contributed by atoms with Gasteiger partial charge in [-0.05, 0) is 6.58 Å². The van der Waals surface area contributed by atoms with Gasteiger partial charge in [0, 0.05) is 0 Å². The van der Waals surface area contributed by atoms with Crippen molar-refractivity contribution in [2.75, 3.05) is 6.61 Å². The van der Waals surface area contributed by atoms with Gasteiger partial charge in [0.1, 0.15) is 0 Å². The van der Waals surface area contributed by atoms with Crippen LogP contribution in [0.5, 0.6) is 0 Å². The standard InChI is InChI=1S/C6H6F4O/c1-4(7)6(9,10)3-11-5(2)8/h1-3H2. The van der Waals surface area contributed by atoms with Gasteiger partial charge in [0.25, 0.3) is 6.01 Å². The Morgan fingerprint density at radius 2 is 1.73 bits per heavy atom. The van der Waals surface area contributed by atoms with Crippen LogP contribution < -0.4 is 0 Å². The largest absolute Gasteiger partial charge is 0.464 e. The van der Waals surface area contributed by atoms with Crippen LogP contribution in [-0.2, 0) is 4.74 Å². The first-order valence-electron chi connectivity index (χ1n) is 2.56. The van der Waals surface area contributed by atoms with Crippen LogP contribution in [0.4, 0.5) is 17.6 Å². The highest BCUT2D eigenvalue weighted by atomic mass is 19.3. The molecule has 1 nitrogen and oxygen atoms in total. The highest BCUT2D eigenvalue weighted by molar-refractivity contribution is 4.97. The lowest BCUT2D eigenvalue weighted by Crippen LogP contribution is -2.23. The Morgan fingerprint density at radius 3 is 2.00 bits per heavy atom. The summed E-state index contributed by atoms with van der Waals surface area (Å²) in [7, 11) is 0. The van der Waals surface area contributed by atoms with Crippen LogP contribution >= 0.6 is 0 Å².